The fourth-order valence-electron chi connectivity index (χ4n) is 0.927. The van der Waals surface area contributed by atoms with E-state index in [1.807, 2.05) is 0 Å². The molecule has 0 aromatic carbocycles. The van der Waals surface area contributed by atoms with Crippen molar-refractivity contribution in [1.82, 2.24) is 4.98 Å². The number of pyridine rings is 1. The van der Waals surface area contributed by atoms with Crippen LogP contribution in [0.3, 0.4) is 0 Å². The Morgan fingerprint density at radius 3 is 2.92 bits per heavy atom. The molecule has 1 aromatic rings. The Morgan fingerprint density at radius 2 is 2.33 bits per heavy atom. The van der Waals surface area contributed by atoms with Crippen LogP contribution in [0.2, 0.25) is 0 Å². The minimum atomic E-state index is -0.668. The Morgan fingerprint density at radius 1 is 1.58 bits per heavy atom. The number of hydrogen-bond acceptors (Lipinski definition) is 4. The lowest BCUT2D eigenvalue weighted by molar-refractivity contribution is 0.186. The van der Waals surface area contributed by atoms with E-state index in [1.54, 1.807) is 18.3 Å². The largest absolute Gasteiger partial charge is 0.390 e. The Balaban J connectivity index is 2.86. The second kappa shape index (κ2) is 4.15. The molecule has 0 fully saturated rings. The van der Waals surface area contributed by atoms with E-state index < -0.39 is 6.10 Å². The van der Waals surface area contributed by atoms with E-state index in [1.165, 1.54) is 0 Å². The molecule has 0 amide bonds. The van der Waals surface area contributed by atoms with Crippen molar-refractivity contribution in [1.29, 1.82) is 0 Å². The van der Waals surface area contributed by atoms with Crippen LogP contribution in [0.4, 0.5) is 0 Å². The van der Waals surface area contributed by atoms with Crippen LogP contribution in [0, 0.1) is 0 Å². The summed E-state index contributed by atoms with van der Waals surface area (Å²) in [7, 11) is 0. The van der Waals surface area contributed by atoms with Crippen LogP contribution in [0.1, 0.15) is 17.4 Å². The van der Waals surface area contributed by atoms with Crippen LogP contribution >= 0.6 is 0 Å². The van der Waals surface area contributed by atoms with Gasteiger partial charge in [-0.2, -0.15) is 0 Å². The van der Waals surface area contributed by atoms with E-state index in [4.69, 9.17) is 10.8 Å². The van der Waals surface area contributed by atoms with E-state index >= 15 is 0 Å². The first-order chi connectivity index (χ1) is 5.77. The van der Waals surface area contributed by atoms with Gasteiger partial charge in [0.1, 0.15) is 0 Å². The molecule has 1 unspecified atom stereocenters. The number of aliphatic hydroxyl groups is 2. The van der Waals surface area contributed by atoms with Gasteiger partial charge in [0.15, 0.2) is 0 Å². The fraction of sp³-hybridized carbons (Fsp3) is 0.375. The molecule has 1 heterocycles. The molecule has 4 nitrogen and oxygen atoms in total. The standard InChI is InChI=1S/C8H12N2O2/c9-4-8(12)6-1-2-10-7(3-6)5-11/h1-3,8,11-12H,4-5,9H2. The normalized spacial score (nSPS) is 12.9. The molecule has 66 valence electrons. The van der Waals surface area contributed by atoms with Gasteiger partial charge in [-0.15, -0.1) is 0 Å². The van der Waals surface area contributed by atoms with Crippen molar-refractivity contribution in [2.75, 3.05) is 6.54 Å². The highest BCUT2D eigenvalue weighted by Crippen LogP contribution is 2.11. The average Bonchev–Trinajstić information content (AvgIpc) is 2.17. The summed E-state index contributed by atoms with van der Waals surface area (Å²) in [6, 6.07) is 3.31. The van der Waals surface area contributed by atoms with Gasteiger partial charge in [-0.3, -0.25) is 4.98 Å². The third-order valence-corrected chi connectivity index (χ3v) is 1.61. The van der Waals surface area contributed by atoms with Crippen molar-refractivity contribution in [2.24, 2.45) is 5.73 Å². The molecule has 0 saturated carbocycles. The van der Waals surface area contributed by atoms with Gasteiger partial charge in [-0.1, -0.05) is 0 Å². The maximum absolute atomic E-state index is 9.31. The molecule has 0 aliphatic carbocycles. The zero-order valence-corrected chi connectivity index (χ0v) is 6.64. The third kappa shape index (κ3) is 2.01. The number of aromatic nitrogens is 1. The average molecular weight is 168 g/mol. The highest BCUT2D eigenvalue weighted by atomic mass is 16.3. The van der Waals surface area contributed by atoms with Crippen LogP contribution in [-0.2, 0) is 6.61 Å². The highest BCUT2D eigenvalue weighted by Gasteiger charge is 2.04. The first-order valence-electron chi connectivity index (χ1n) is 3.71. The molecule has 0 aliphatic rings. The fourth-order valence-corrected chi connectivity index (χ4v) is 0.927. The Labute approximate surface area is 70.7 Å². The van der Waals surface area contributed by atoms with Crippen molar-refractivity contribution in [3.63, 3.8) is 0 Å². The minimum Gasteiger partial charge on any atom is -0.390 e. The Kier molecular flexibility index (Phi) is 3.16. The summed E-state index contributed by atoms with van der Waals surface area (Å²) in [5.74, 6) is 0. The van der Waals surface area contributed by atoms with Crippen LogP contribution in [-0.4, -0.2) is 21.7 Å². The molecule has 1 atom stereocenters. The topological polar surface area (TPSA) is 79.4 Å². The second-order valence-corrected chi connectivity index (χ2v) is 2.49. The van der Waals surface area contributed by atoms with E-state index in [9.17, 15) is 5.11 Å². The number of nitrogens with two attached hydrogens (primary N) is 1. The summed E-state index contributed by atoms with van der Waals surface area (Å²) in [4.78, 5) is 3.87. The van der Waals surface area contributed by atoms with E-state index in [0.29, 0.717) is 11.3 Å². The Hall–Kier alpha value is -0.970. The third-order valence-electron chi connectivity index (χ3n) is 1.61. The number of nitrogens with zero attached hydrogens (tertiary/aromatic N) is 1. The summed E-state index contributed by atoms with van der Waals surface area (Å²) in [6.45, 7) is 0.0556. The minimum absolute atomic E-state index is 0.120. The molecular formula is C8H12N2O2. The van der Waals surface area contributed by atoms with Gasteiger partial charge < -0.3 is 15.9 Å². The first-order valence-corrected chi connectivity index (χ1v) is 3.71. The quantitative estimate of drug-likeness (QED) is 0.572. The maximum Gasteiger partial charge on any atom is 0.0913 e. The van der Waals surface area contributed by atoms with Gasteiger partial charge >= 0.3 is 0 Å². The van der Waals surface area contributed by atoms with Gasteiger partial charge in [-0.05, 0) is 17.7 Å². The molecule has 0 bridgehead atoms. The molecule has 1 rings (SSSR count). The van der Waals surface area contributed by atoms with Crippen molar-refractivity contribution < 1.29 is 10.2 Å². The smallest absolute Gasteiger partial charge is 0.0913 e. The number of aliphatic hydroxyl groups excluding tert-OH is 2. The van der Waals surface area contributed by atoms with Crippen molar-refractivity contribution in [3.05, 3.63) is 29.6 Å². The van der Waals surface area contributed by atoms with Crippen molar-refractivity contribution >= 4 is 0 Å². The Bertz CT molecular complexity index is 253. The number of rotatable bonds is 3. The summed E-state index contributed by atoms with van der Waals surface area (Å²) in [5, 5.41) is 18.1. The molecular weight excluding hydrogens is 156 g/mol. The lowest BCUT2D eigenvalue weighted by Gasteiger charge is -2.07. The molecule has 0 spiro atoms. The first kappa shape index (κ1) is 9.12. The zero-order chi connectivity index (χ0) is 8.97. The molecule has 12 heavy (non-hydrogen) atoms. The molecule has 0 radical (unpaired) electrons. The van der Waals surface area contributed by atoms with Crippen LogP contribution in [0.15, 0.2) is 18.3 Å². The second-order valence-electron chi connectivity index (χ2n) is 2.49. The number of hydrogen-bond donors (Lipinski definition) is 3. The van der Waals surface area contributed by atoms with Gasteiger partial charge in [-0.25, -0.2) is 0 Å². The van der Waals surface area contributed by atoms with Gasteiger partial charge in [0.2, 0.25) is 0 Å². The van der Waals surface area contributed by atoms with Crippen LogP contribution < -0.4 is 5.73 Å². The molecule has 1 aromatic heterocycles. The SMILES string of the molecule is NCC(O)c1ccnc(CO)c1. The lowest BCUT2D eigenvalue weighted by atomic mass is 10.1. The highest BCUT2D eigenvalue weighted by molar-refractivity contribution is 5.18. The van der Waals surface area contributed by atoms with Gasteiger partial charge in [0.25, 0.3) is 0 Å². The van der Waals surface area contributed by atoms with E-state index in [0.717, 1.165) is 0 Å². The molecule has 0 aliphatic heterocycles. The summed E-state index contributed by atoms with van der Waals surface area (Å²) >= 11 is 0. The summed E-state index contributed by atoms with van der Waals surface area (Å²) in [6.07, 6.45) is 0.873. The van der Waals surface area contributed by atoms with Crippen molar-refractivity contribution in [3.8, 4) is 0 Å². The van der Waals surface area contributed by atoms with Crippen LogP contribution in [0.25, 0.3) is 0 Å². The zero-order valence-electron chi connectivity index (χ0n) is 6.64. The van der Waals surface area contributed by atoms with Gasteiger partial charge in [0.05, 0.1) is 18.4 Å². The van der Waals surface area contributed by atoms with Crippen LogP contribution in [0.5, 0.6) is 0 Å². The van der Waals surface area contributed by atoms with Crippen molar-refractivity contribution in [2.45, 2.75) is 12.7 Å². The molecule has 4 N–H and O–H groups in total. The summed E-state index contributed by atoms with van der Waals surface area (Å²) in [5.41, 5.74) is 6.50. The summed E-state index contributed by atoms with van der Waals surface area (Å²) < 4.78 is 0. The van der Waals surface area contributed by atoms with E-state index in [2.05, 4.69) is 4.98 Å². The van der Waals surface area contributed by atoms with Gasteiger partial charge in [0, 0.05) is 12.7 Å². The molecule has 4 heteroatoms. The maximum atomic E-state index is 9.31. The predicted molar refractivity (Wildman–Crippen MR) is 44.2 cm³/mol. The van der Waals surface area contributed by atoms with E-state index in [-0.39, 0.29) is 13.2 Å². The predicted octanol–water partition coefficient (Wildman–Crippen LogP) is -0.434. The lowest BCUT2D eigenvalue weighted by Crippen LogP contribution is -2.11. The molecule has 0 saturated heterocycles. The monoisotopic (exact) mass is 168 g/mol.